The van der Waals surface area contributed by atoms with E-state index in [1.54, 1.807) is 79.0 Å². The maximum absolute atomic E-state index is 15.5. The van der Waals surface area contributed by atoms with Crippen LogP contribution in [-0.4, -0.2) is 226 Å². The predicted molar refractivity (Wildman–Crippen MR) is 412 cm³/mol. The average molecular weight is 1610 g/mol. The van der Waals surface area contributed by atoms with Gasteiger partial charge in [-0.1, -0.05) is 55.1 Å². The molecular formula is C74H102N18O21S. The van der Waals surface area contributed by atoms with Gasteiger partial charge in [-0.25, -0.2) is 0 Å². The third-order valence-corrected chi connectivity index (χ3v) is 19.0. The van der Waals surface area contributed by atoms with E-state index in [-0.39, 0.29) is 57.4 Å². The average Bonchev–Trinajstić information content (AvgIpc) is 1.77. The number of unbranched alkanes of at least 4 members (excludes halogenated alkanes) is 1. The number of fused-ring (bicyclic) bond motifs is 1. The first-order valence-corrected chi connectivity index (χ1v) is 37.6. The van der Waals surface area contributed by atoms with E-state index in [0.717, 1.165) is 25.6 Å². The van der Waals surface area contributed by atoms with Crippen LogP contribution < -0.4 is 102 Å². The molecule has 39 nitrogen and oxygen atoms in total. The summed E-state index contributed by atoms with van der Waals surface area (Å²) in [6.45, 7) is 6.60. The number of benzene rings is 3. The van der Waals surface area contributed by atoms with Crippen molar-refractivity contribution in [2.75, 3.05) is 38.3 Å². The van der Waals surface area contributed by atoms with E-state index in [4.69, 9.17) is 38.1 Å². The van der Waals surface area contributed by atoms with Crippen molar-refractivity contribution in [3.05, 3.63) is 108 Å². The molecule has 0 aliphatic carbocycles. The van der Waals surface area contributed by atoms with Crippen molar-refractivity contribution in [3.63, 3.8) is 0 Å². The molecule has 1 aliphatic rings. The van der Waals surface area contributed by atoms with Gasteiger partial charge in [-0.2, -0.15) is 11.8 Å². The summed E-state index contributed by atoms with van der Waals surface area (Å²) in [6.07, 6.45) is -4.28. The number of carbonyl (C=O) groups excluding carboxylic acids is 16. The number of carboxylic acid groups (broad SMARTS) is 1. The molecule has 1 aliphatic heterocycles. The molecule has 0 radical (unpaired) electrons. The number of aromatic amines is 1. The van der Waals surface area contributed by atoms with E-state index < -0.39 is 236 Å². The molecule has 0 unspecified atom stereocenters. The van der Waals surface area contributed by atoms with Gasteiger partial charge in [0.25, 0.3) is 0 Å². The van der Waals surface area contributed by atoms with Crippen molar-refractivity contribution in [1.29, 1.82) is 0 Å². The number of carbonyl (C=O) groups is 17. The Morgan fingerprint density at radius 1 is 0.658 bits per heavy atom. The summed E-state index contributed by atoms with van der Waals surface area (Å²) in [5.41, 5.74) is 27.2. The first-order chi connectivity index (χ1) is 54.0. The van der Waals surface area contributed by atoms with Gasteiger partial charge in [0.05, 0.1) is 26.2 Å². The highest BCUT2D eigenvalue weighted by atomic mass is 32.2. The Morgan fingerprint density at radius 2 is 1.23 bits per heavy atom. The van der Waals surface area contributed by atoms with Crippen LogP contribution >= 0.6 is 11.8 Å². The van der Waals surface area contributed by atoms with Gasteiger partial charge in [-0.3, -0.25) is 81.5 Å². The van der Waals surface area contributed by atoms with Gasteiger partial charge < -0.3 is 117 Å². The van der Waals surface area contributed by atoms with Gasteiger partial charge >= 0.3 is 5.97 Å². The van der Waals surface area contributed by atoms with Gasteiger partial charge in [-0.15, -0.1) is 0 Å². The summed E-state index contributed by atoms with van der Waals surface area (Å²) in [5.74, 6) is -18.2. The molecule has 0 saturated carbocycles. The van der Waals surface area contributed by atoms with Crippen LogP contribution in [0.2, 0.25) is 0 Å². The third-order valence-electron chi connectivity index (χ3n) is 18.0. The van der Waals surface area contributed by atoms with Gasteiger partial charge in [0.15, 0.2) is 0 Å². The summed E-state index contributed by atoms with van der Waals surface area (Å²) in [6, 6.07) is 1.91. The highest BCUT2D eigenvalue weighted by Crippen LogP contribution is 2.23. The topological polar surface area (TPSA) is 639 Å². The minimum atomic E-state index is -2.10. The number of nitrogens with two attached hydrogens (primary N) is 5. The number of amides is 16. The number of nitrogens with one attached hydrogen (secondary N) is 13. The molecule has 0 spiro atoms. The van der Waals surface area contributed by atoms with Crippen LogP contribution in [0.4, 0.5) is 0 Å². The quantitative estimate of drug-likeness (QED) is 0.0146. The maximum atomic E-state index is 15.5. The number of ether oxygens (including phenoxy) is 2. The van der Waals surface area contributed by atoms with Crippen molar-refractivity contribution in [2.45, 2.75) is 183 Å². The largest absolute Gasteiger partial charge is 0.497 e. The fourth-order valence-electron chi connectivity index (χ4n) is 11.8. The van der Waals surface area contributed by atoms with Crippen LogP contribution in [0.15, 0.2) is 91.6 Å². The van der Waals surface area contributed by atoms with Crippen LogP contribution in [0.3, 0.4) is 0 Å². The molecule has 12 atom stereocenters. The van der Waals surface area contributed by atoms with Gasteiger partial charge in [0, 0.05) is 68.3 Å². The molecule has 1 fully saturated rings. The number of methoxy groups -OCH3 is 1. The molecule has 5 rings (SSSR count). The second kappa shape index (κ2) is 46.0. The molecule has 2 heterocycles. The van der Waals surface area contributed by atoms with Crippen molar-refractivity contribution in [3.8, 4) is 11.5 Å². The zero-order valence-electron chi connectivity index (χ0n) is 63.5. The molecule has 3 aromatic carbocycles. The summed E-state index contributed by atoms with van der Waals surface area (Å²) < 4.78 is 11.1. The van der Waals surface area contributed by atoms with Crippen LogP contribution in [-0.2, 0) is 101 Å². The number of hydrogen-bond acceptors (Lipinski definition) is 22. The normalized spacial score (nSPS) is 18.9. The SMILES string of the molecule is C=CCOc1ccc(C[C@H](NC(=O)[C@H](Cc2ccc(OC)cc2)NC(=O)[C@@H]2CSCC[C@H](NC(C)=O)C(=O)N[C@@H](CCC(N)=O)C(=O)N[C@@H]([C@@H](C)O)C(=O)N[C@@H](Cc3c[nH]c4ccccc34)C(=O)N[C@@H](CCC(N)=O)C(=O)N2)C(=O)N[C@@](C)(CCCCN)C(=O)N[C@@H](CCC(=O)O)C(=O)N[C@@H](CC(N)=O)C(=O)NCC(N)=O)cc1. The van der Waals surface area contributed by atoms with Crippen molar-refractivity contribution < 1.29 is 101 Å². The summed E-state index contributed by atoms with van der Waals surface area (Å²) in [4.78, 5) is 238. The number of aromatic nitrogens is 1. The number of H-pyrrole nitrogens is 1. The molecule has 25 N–H and O–H groups in total. The Balaban J connectivity index is 1.65. The smallest absolute Gasteiger partial charge is 0.303 e. The zero-order valence-corrected chi connectivity index (χ0v) is 64.3. The first-order valence-electron chi connectivity index (χ1n) is 36.5. The van der Waals surface area contributed by atoms with Crippen molar-refractivity contribution in [2.24, 2.45) is 28.7 Å². The molecule has 0 bridgehead atoms. The maximum Gasteiger partial charge on any atom is 0.303 e. The van der Waals surface area contributed by atoms with Gasteiger partial charge in [-0.05, 0) is 118 Å². The van der Waals surface area contributed by atoms with E-state index in [9.17, 15) is 72.5 Å². The molecular weight excluding hydrogens is 1510 g/mol. The number of aliphatic hydroxyl groups is 1. The minimum absolute atomic E-state index is 0.0831. The molecule has 4 aromatic rings. The van der Waals surface area contributed by atoms with Gasteiger partial charge in [0.2, 0.25) is 94.5 Å². The number of aliphatic carboxylic acids is 1. The Hall–Kier alpha value is -12.2. The van der Waals surface area contributed by atoms with Crippen molar-refractivity contribution >= 4 is 123 Å². The number of hydrogen-bond donors (Lipinski definition) is 20. The fourth-order valence-corrected chi connectivity index (χ4v) is 12.8. The third kappa shape index (κ3) is 30.8. The Labute approximate surface area is 659 Å². The van der Waals surface area contributed by atoms with Crippen LogP contribution in [0.25, 0.3) is 10.9 Å². The van der Waals surface area contributed by atoms with E-state index in [1.807, 2.05) is 0 Å². The van der Waals surface area contributed by atoms with Crippen LogP contribution in [0.5, 0.6) is 11.5 Å². The fraction of sp³-hybridized carbons (Fsp3) is 0.473. The summed E-state index contributed by atoms with van der Waals surface area (Å²) in [5, 5.41) is 51.4. The monoisotopic (exact) mass is 1610 g/mol. The Bertz CT molecular complexity index is 4110. The lowest BCUT2D eigenvalue weighted by Crippen LogP contribution is -2.64. The standard InChI is InChI=1S/C74H102N18O21S/c1-6-30-113-45-19-15-42(16-20-45)33-53(71(109)92-74(4,28-9-10-29-75)73(111)90-50(23-26-61(99)100)65(103)87-55(35-59(78)97)63(101)81-37-60(79)98)86-68(106)52(32-41-13-17-44(112-5)18-14-41)85-70(108)56-38-114-31-27-51(82-40(3)94)66(104)83-49(22-25-58(77)96)67(105)91-62(39(2)93)72(110)88-54(34-43-36-80-47-12-8-7-11-46(43)47)69(107)84-48(64(102)89-56)21-24-57(76)95/h6-8,11-20,36,39,48-56,62,80,93H,1,9-10,21-35,37-38,75H2,2-5H3,(H2,76,95)(H2,77,96)(H2,78,97)(H2,79,98)(H,81,101)(H,82,94)(H,83,104)(H,84,107)(H,85,108)(H,86,106)(H,87,103)(H,88,110)(H,89,102)(H,90,111)(H,91,105)(H,92,109)(H,99,100)/t39-,48+,49+,50+,51+,52+,53+,54+,55+,56+,62+,74+/m1/s1. The molecule has 114 heavy (non-hydrogen) atoms. The lowest BCUT2D eigenvalue weighted by atomic mass is 9.91. The highest BCUT2D eigenvalue weighted by molar-refractivity contribution is 7.99. The highest BCUT2D eigenvalue weighted by Gasteiger charge is 2.42. The summed E-state index contributed by atoms with van der Waals surface area (Å²) in [7, 11) is 1.40. The van der Waals surface area contributed by atoms with E-state index in [1.165, 1.54) is 20.1 Å². The lowest BCUT2D eigenvalue weighted by molar-refractivity contribution is -0.140. The Morgan fingerprint density at radius 3 is 1.80 bits per heavy atom. The lowest BCUT2D eigenvalue weighted by Gasteiger charge is -2.34. The molecule has 1 aromatic heterocycles. The Kier molecular flexibility index (Phi) is 37.3. The summed E-state index contributed by atoms with van der Waals surface area (Å²) >= 11 is 0.910. The predicted octanol–water partition coefficient (Wildman–Crippen LogP) is -4.97. The van der Waals surface area contributed by atoms with Crippen LogP contribution in [0, 0.1) is 0 Å². The zero-order chi connectivity index (χ0) is 84.4. The van der Waals surface area contributed by atoms with Crippen molar-refractivity contribution in [1.82, 2.24) is 68.8 Å². The van der Waals surface area contributed by atoms with E-state index in [2.05, 4.69) is 75.4 Å². The number of rotatable bonds is 40. The molecule has 16 amide bonds. The minimum Gasteiger partial charge on any atom is -0.497 e. The number of primary amides is 4. The first kappa shape index (κ1) is 92.4. The van der Waals surface area contributed by atoms with Crippen LogP contribution in [0.1, 0.15) is 108 Å². The molecule has 1 saturated heterocycles. The number of aliphatic hydroxyl groups excluding tert-OH is 1. The second-order valence-electron chi connectivity index (χ2n) is 27.2. The van der Waals surface area contributed by atoms with E-state index >= 15 is 19.2 Å². The number of thioether (sulfide) groups is 1. The molecule has 620 valence electrons. The number of para-hydroxylation sites is 1. The molecule has 40 heteroatoms. The second-order valence-corrected chi connectivity index (χ2v) is 28.4. The van der Waals surface area contributed by atoms with Gasteiger partial charge in [0.1, 0.15) is 84.1 Å². The van der Waals surface area contributed by atoms with E-state index in [0.29, 0.717) is 39.1 Å². The number of carboxylic acids is 1.